The van der Waals surface area contributed by atoms with E-state index in [2.05, 4.69) is 37.8 Å². The van der Waals surface area contributed by atoms with Crippen LogP contribution < -0.4 is 0 Å². The minimum atomic E-state index is -0.275. The molecular weight excluding hydrogens is 388 g/mol. The van der Waals surface area contributed by atoms with Gasteiger partial charge in [0.1, 0.15) is 6.61 Å². The second-order valence-electron chi connectivity index (χ2n) is 8.42. The first kappa shape index (κ1) is 23.0. The molecule has 0 aromatic heterocycles. The standard InChI is InChI=1S/C27H32O4/c1-21-14-27(15-26(22(21)2)18-31-23(3)28,19-29-16-24-10-6-4-7-11-24)20-30-17-25-12-8-5-9-13-25/h4-13H,1,14-20H2,2-3H3. The van der Waals surface area contributed by atoms with Crippen LogP contribution in [0.2, 0.25) is 0 Å². The number of esters is 1. The second-order valence-corrected chi connectivity index (χ2v) is 8.42. The summed E-state index contributed by atoms with van der Waals surface area (Å²) in [6.07, 6.45) is 1.56. The van der Waals surface area contributed by atoms with Crippen LogP contribution in [-0.4, -0.2) is 25.8 Å². The molecule has 4 nitrogen and oxygen atoms in total. The zero-order chi connectivity index (χ0) is 22.1. The van der Waals surface area contributed by atoms with Crippen molar-refractivity contribution < 1.29 is 19.0 Å². The van der Waals surface area contributed by atoms with Crippen LogP contribution in [0.15, 0.2) is 84.0 Å². The second kappa shape index (κ2) is 11.1. The molecule has 0 N–H and O–H groups in total. The number of carbonyl (C=O) groups is 1. The van der Waals surface area contributed by atoms with Crippen molar-refractivity contribution >= 4 is 5.97 Å². The van der Waals surface area contributed by atoms with Gasteiger partial charge >= 0.3 is 5.97 Å². The average Bonchev–Trinajstić information content (AvgIpc) is 2.77. The van der Waals surface area contributed by atoms with Gasteiger partial charge in [-0.05, 0) is 42.0 Å². The quantitative estimate of drug-likeness (QED) is 0.467. The molecule has 1 aliphatic rings. The Hall–Kier alpha value is -2.69. The summed E-state index contributed by atoms with van der Waals surface area (Å²) in [5, 5.41) is 0. The van der Waals surface area contributed by atoms with Crippen LogP contribution in [0.5, 0.6) is 0 Å². The molecule has 0 radical (unpaired) electrons. The van der Waals surface area contributed by atoms with Crippen molar-refractivity contribution in [1.82, 2.24) is 0 Å². The Kier molecular flexibility index (Phi) is 8.21. The molecular formula is C27H32O4. The summed E-state index contributed by atoms with van der Waals surface area (Å²) in [6, 6.07) is 20.3. The molecule has 2 aromatic rings. The maximum Gasteiger partial charge on any atom is 0.302 e. The van der Waals surface area contributed by atoms with Crippen molar-refractivity contribution in [2.45, 2.75) is 39.9 Å². The first-order valence-electron chi connectivity index (χ1n) is 10.7. The van der Waals surface area contributed by atoms with Gasteiger partial charge in [0.25, 0.3) is 0 Å². The van der Waals surface area contributed by atoms with Crippen LogP contribution in [0.4, 0.5) is 0 Å². The van der Waals surface area contributed by atoms with Crippen LogP contribution in [0, 0.1) is 5.41 Å². The predicted molar refractivity (Wildman–Crippen MR) is 122 cm³/mol. The molecule has 4 heteroatoms. The van der Waals surface area contributed by atoms with Gasteiger partial charge in [-0.2, -0.15) is 0 Å². The van der Waals surface area contributed by atoms with Crippen molar-refractivity contribution in [3.05, 3.63) is 95.1 Å². The van der Waals surface area contributed by atoms with Crippen molar-refractivity contribution in [2.24, 2.45) is 5.41 Å². The van der Waals surface area contributed by atoms with Crippen LogP contribution in [0.3, 0.4) is 0 Å². The molecule has 0 saturated carbocycles. The number of hydrogen-bond acceptors (Lipinski definition) is 4. The van der Waals surface area contributed by atoms with Gasteiger partial charge in [-0.3, -0.25) is 4.79 Å². The Morgan fingerprint density at radius 3 is 1.87 bits per heavy atom. The first-order valence-corrected chi connectivity index (χ1v) is 10.7. The number of rotatable bonds is 10. The van der Waals surface area contributed by atoms with E-state index in [4.69, 9.17) is 14.2 Å². The number of allylic oxidation sites excluding steroid dienone is 2. The third-order valence-electron chi connectivity index (χ3n) is 5.73. The summed E-state index contributed by atoms with van der Waals surface area (Å²) in [5.41, 5.74) is 5.32. The van der Waals surface area contributed by atoms with E-state index in [1.807, 2.05) is 36.4 Å². The first-order chi connectivity index (χ1) is 15.0. The lowest BCUT2D eigenvalue weighted by molar-refractivity contribution is -0.140. The summed E-state index contributed by atoms with van der Waals surface area (Å²) < 4.78 is 17.7. The zero-order valence-electron chi connectivity index (χ0n) is 18.6. The van der Waals surface area contributed by atoms with E-state index < -0.39 is 0 Å². The monoisotopic (exact) mass is 420 g/mol. The Balaban J connectivity index is 1.71. The van der Waals surface area contributed by atoms with Crippen LogP contribution in [0.25, 0.3) is 0 Å². The maximum atomic E-state index is 11.4. The molecule has 0 fully saturated rings. The molecule has 0 aliphatic heterocycles. The summed E-state index contributed by atoms with van der Waals surface area (Å²) in [5.74, 6) is -0.275. The van der Waals surface area contributed by atoms with E-state index in [0.717, 1.165) is 40.7 Å². The van der Waals surface area contributed by atoms with E-state index in [-0.39, 0.29) is 11.4 Å². The fourth-order valence-electron chi connectivity index (χ4n) is 4.00. The van der Waals surface area contributed by atoms with E-state index >= 15 is 0 Å². The van der Waals surface area contributed by atoms with Gasteiger partial charge in [0.05, 0.1) is 26.4 Å². The fraction of sp³-hybridized carbons (Fsp3) is 0.370. The number of carbonyl (C=O) groups excluding carboxylic acids is 1. The number of benzene rings is 2. The Bertz CT molecular complexity index is 854. The van der Waals surface area contributed by atoms with Gasteiger partial charge in [-0.15, -0.1) is 0 Å². The molecule has 0 amide bonds. The van der Waals surface area contributed by atoms with Crippen LogP contribution >= 0.6 is 0 Å². The largest absolute Gasteiger partial charge is 0.461 e. The van der Waals surface area contributed by atoms with Gasteiger partial charge < -0.3 is 14.2 Å². The normalized spacial score (nSPS) is 15.7. The summed E-state index contributed by atoms with van der Waals surface area (Å²) in [4.78, 5) is 11.4. The van der Waals surface area contributed by atoms with Crippen molar-refractivity contribution in [1.29, 1.82) is 0 Å². The predicted octanol–water partition coefficient (Wildman–Crippen LogP) is 5.64. The molecule has 0 bridgehead atoms. The molecule has 164 valence electrons. The maximum absolute atomic E-state index is 11.4. The third kappa shape index (κ3) is 6.91. The summed E-state index contributed by atoms with van der Waals surface area (Å²) in [6.45, 7) is 10.3. The van der Waals surface area contributed by atoms with Crippen molar-refractivity contribution in [2.75, 3.05) is 19.8 Å². The number of ether oxygens (including phenoxy) is 3. The minimum absolute atomic E-state index is 0.240. The molecule has 0 atom stereocenters. The summed E-state index contributed by atoms with van der Waals surface area (Å²) in [7, 11) is 0. The molecule has 0 saturated heterocycles. The van der Waals surface area contributed by atoms with Gasteiger partial charge in [0.15, 0.2) is 0 Å². The van der Waals surface area contributed by atoms with Gasteiger partial charge in [0.2, 0.25) is 0 Å². The molecule has 1 aliphatic carbocycles. The number of hydrogen-bond donors (Lipinski definition) is 0. The fourth-order valence-corrected chi connectivity index (χ4v) is 4.00. The topological polar surface area (TPSA) is 44.8 Å². The summed E-state index contributed by atoms with van der Waals surface area (Å²) >= 11 is 0. The van der Waals surface area contributed by atoms with Crippen LogP contribution in [0.1, 0.15) is 37.8 Å². The highest BCUT2D eigenvalue weighted by molar-refractivity contribution is 5.66. The molecule has 31 heavy (non-hydrogen) atoms. The highest BCUT2D eigenvalue weighted by Gasteiger charge is 2.37. The van der Waals surface area contributed by atoms with Crippen molar-refractivity contribution in [3.63, 3.8) is 0 Å². The molecule has 0 unspecified atom stereocenters. The SMILES string of the molecule is C=C1CC(COCc2ccccc2)(COCc2ccccc2)CC(COC(C)=O)=C1C. The Labute approximate surface area is 185 Å². The minimum Gasteiger partial charge on any atom is -0.461 e. The third-order valence-corrected chi connectivity index (χ3v) is 5.73. The van der Waals surface area contributed by atoms with E-state index in [0.29, 0.717) is 33.0 Å². The smallest absolute Gasteiger partial charge is 0.302 e. The van der Waals surface area contributed by atoms with Gasteiger partial charge in [-0.25, -0.2) is 0 Å². The lowest BCUT2D eigenvalue weighted by Gasteiger charge is -2.39. The molecule has 3 rings (SSSR count). The van der Waals surface area contributed by atoms with Gasteiger partial charge in [-0.1, -0.05) is 72.8 Å². The highest BCUT2D eigenvalue weighted by Crippen LogP contribution is 2.42. The molecule has 2 aromatic carbocycles. The zero-order valence-corrected chi connectivity index (χ0v) is 18.6. The molecule has 0 spiro atoms. The Morgan fingerprint density at radius 1 is 0.871 bits per heavy atom. The van der Waals surface area contributed by atoms with E-state index in [1.54, 1.807) is 0 Å². The molecule has 0 heterocycles. The lowest BCUT2D eigenvalue weighted by Crippen LogP contribution is -2.37. The van der Waals surface area contributed by atoms with Gasteiger partial charge in [0, 0.05) is 12.3 Å². The van der Waals surface area contributed by atoms with E-state index in [9.17, 15) is 4.79 Å². The highest BCUT2D eigenvalue weighted by atomic mass is 16.5. The lowest BCUT2D eigenvalue weighted by atomic mass is 9.71. The Morgan fingerprint density at radius 2 is 1.39 bits per heavy atom. The van der Waals surface area contributed by atoms with E-state index in [1.165, 1.54) is 6.92 Å². The average molecular weight is 421 g/mol. The van der Waals surface area contributed by atoms with Crippen LogP contribution in [-0.2, 0) is 32.2 Å². The van der Waals surface area contributed by atoms with Crippen molar-refractivity contribution in [3.8, 4) is 0 Å².